The minimum Gasteiger partial charge on any atom is -0.456 e. The van der Waals surface area contributed by atoms with Gasteiger partial charge >= 0.3 is 5.97 Å². The van der Waals surface area contributed by atoms with E-state index in [1.54, 1.807) is 13.8 Å². The fourth-order valence-electron chi connectivity index (χ4n) is 5.40. The zero-order chi connectivity index (χ0) is 24.2. The Balaban J connectivity index is 1.47. The van der Waals surface area contributed by atoms with Crippen LogP contribution in [-0.2, 0) is 19.1 Å². The number of ether oxygens (including phenoxy) is 1. The van der Waals surface area contributed by atoms with E-state index in [0.29, 0.717) is 0 Å². The van der Waals surface area contributed by atoms with Crippen LogP contribution in [0.2, 0.25) is 0 Å². The normalized spacial score (nSPS) is 31.1. The third kappa shape index (κ3) is 3.92. The number of hydrogen-bond acceptors (Lipinski definition) is 7. The lowest BCUT2D eigenvalue weighted by Gasteiger charge is -2.28. The first-order valence-corrected chi connectivity index (χ1v) is 12.5. The van der Waals surface area contributed by atoms with Crippen molar-refractivity contribution in [2.75, 3.05) is 6.61 Å². The van der Waals surface area contributed by atoms with Gasteiger partial charge < -0.3 is 4.74 Å². The minimum atomic E-state index is -1.12. The van der Waals surface area contributed by atoms with Gasteiger partial charge in [-0.05, 0) is 36.3 Å². The van der Waals surface area contributed by atoms with E-state index < -0.39 is 47.1 Å². The van der Waals surface area contributed by atoms with Crippen LogP contribution in [0.15, 0.2) is 24.3 Å². The summed E-state index contributed by atoms with van der Waals surface area (Å²) in [7, 11) is 0. The first-order valence-electron chi connectivity index (χ1n) is 10.6. The van der Waals surface area contributed by atoms with Gasteiger partial charge in [0.05, 0.1) is 16.8 Å². The number of non-ortho nitro benzene ring substituents is 1. The van der Waals surface area contributed by atoms with Crippen LogP contribution in [0.4, 0.5) is 5.69 Å². The average Bonchev–Trinajstić information content (AvgIpc) is 3.38. The Morgan fingerprint density at radius 1 is 1.09 bits per heavy atom. The number of carbonyl (C=O) groups is 4. The summed E-state index contributed by atoms with van der Waals surface area (Å²) >= 11 is 7.28. The third-order valence-corrected chi connectivity index (χ3v) is 10.1. The largest absolute Gasteiger partial charge is 0.456 e. The second-order valence-corrected chi connectivity index (χ2v) is 11.2. The number of amides is 2. The van der Waals surface area contributed by atoms with Crippen molar-refractivity contribution < 1.29 is 28.8 Å². The second kappa shape index (κ2) is 8.90. The molecular weight excluding hydrogens is 564 g/mol. The summed E-state index contributed by atoms with van der Waals surface area (Å²) < 4.78 is 5.22. The van der Waals surface area contributed by atoms with Gasteiger partial charge in [-0.15, -0.1) is 0 Å². The van der Waals surface area contributed by atoms with Crippen LogP contribution in [-0.4, -0.2) is 55.7 Å². The van der Waals surface area contributed by atoms with Crippen molar-refractivity contribution in [3.8, 4) is 0 Å². The molecule has 0 aromatic heterocycles. The van der Waals surface area contributed by atoms with Crippen LogP contribution in [0.5, 0.6) is 0 Å². The van der Waals surface area contributed by atoms with Crippen LogP contribution in [0.1, 0.15) is 30.6 Å². The summed E-state index contributed by atoms with van der Waals surface area (Å²) in [4.78, 5) is 63.3. The van der Waals surface area contributed by atoms with Crippen molar-refractivity contribution in [3.05, 3.63) is 39.9 Å². The van der Waals surface area contributed by atoms with E-state index in [0.717, 1.165) is 11.3 Å². The highest BCUT2D eigenvalue weighted by Gasteiger charge is 2.67. The number of fused-ring (bicyclic) bond motifs is 5. The molecule has 2 bridgehead atoms. The Bertz CT molecular complexity index is 996. The van der Waals surface area contributed by atoms with Gasteiger partial charge in [0, 0.05) is 27.4 Å². The number of halogens is 2. The number of ketones is 1. The molecule has 3 fully saturated rings. The number of hydrogen-bond donors (Lipinski definition) is 0. The van der Waals surface area contributed by atoms with E-state index in [4.69, 9.17) is 4.74 Å². The second-order valence-electron chi connectivity index (χ2n) is 9.07. The van der Waals surface area contributed by atoms with E-state index in [1.807, 2.05) is 0 Å². The number of imide groups is 1. The van der Waals surface area contributed by atoms with Gasteiger partial charge in [0.1, 0.15) is 6.04 Å². The number of benzene rings is 1. The number of rotatable bonds is 7. The number of carbonyl (C=O) groups excluding carboxylic acids is 4. The number of nitrogens with zero attached hydrogens (tertiary/aromatic N) is 2. The smallest absolute Gasteiger partial charge is 0.330 e. The molecule has 4 rings (SSSR count). The molecule has 0 spiro atoms. The molecule has 1 heterocycles. The number of Topliss-reactive ketones (excluding diaryl/α,β-unsaturated/α-hetero) is 1. The molecule has 2 aliphatic carbocycles. The SMILES string of the molecule is CC(C)[C@@H](C(=O)OCC(=O)c1ccc([N+](=O)[O-])cc1)N1C(=O)[C@@H]2[C@@H]3C[C@H]([C@H](Br)[C@@H]3Br)[C@@H]2C1=O. The highest BCUT2D eigenvalue weighted by molar-refractivity contribution is 9.12. The van der Waals surface area contributed by atoms with Crippen molar-refractivity contribution >= 4 is 61.1 Å². The molecule has 2 saturated carbocycles. The molecule has 1 aliphatic heterocycles. The zero-order valence-electron chi connectivity index (χ0n) is 17.9. The lowest BCUT2D eigenvalue weighted by atomic mass is 9.81. The van der Waals surface area contributed by atoms with Gasteiger partial charge in [-0.1, -0.05) is 45.7 Å². The Kier molecular flexibility index (Phi) is 6.47. The number of nitro groups is 1. The molecule has 33 heavy (non-hydrogen) atoms. The number of esters is 1. The average molecular weight is 586 g/mol. The molecule has 7 atom stereocenters. The van der Waals surface area contributed by atoms with Crippen molar-refractivity contribution in [3.63, 3.8) is 0 Å². The lowest BCUT2D eigenvalue weighted by Crippen LogP contribution is -2.50. The molecule has 0 N–H and O–H groups in total. The molecule has 0 unspecified atom stereocenters. The van der Waals surface area contributed by atoms with Crippen molar-refractivity contribution in [1.82, 2.24) is 4.90 Å². The summed E-state index contributed by atoms with van der Waals surface area (Å²) in [5.41, 5.74) is -0.00826. The van der Waals surface area contributed by atoms with E-state index in [-0.39, 0.29) is 44.6 Å². The first-order chi connectivity index (χ1) is 15.5. The molecule has 1 aromatic rings. The van der Waals surface area contributed by atoms with Crippen molar-refractivity contribution in [2.24, 2.45) is 29.6 Å². The number of likely N-dealkylation sites (tertiary alicyclic amines) is 1. The summed E-state index contributed by atoms with van der Waals surface area (Å²) in [6.45, 7) is 2.84. The topological polar surface area (TPSA) is 124 Å². The molecule has 1 aromatic carbocycles. The van der Waals surface area contributed by atoms with Gasteiger partial charge in [0.15, 0.2) is 12.4 Å². The number of nitro benzene ring substituents is 1. The van der Waals surface area contributed by atoms with Crippen LogP contribution in [0.25, 0.3) is 0 Å². The molecular formula is C22H22Br2N2O7. The van der Waals surface area contributed by atoms with E-state index in [2.05, 4.69) is 31.9 Å². The van der Waals surface area contributed by atoms with Gasteiger partial charge in [-0.25, -0.2) is 4.79 Å². The Morgan fingerprint density at radius 3 is 2.06 bits per heavy atom. The molecule has 11 heteroatoms. The van der Waals surface area contributed by atoms with Gasteiger partial charge in [0.25, 0.3) is 5.69 Å². The summed E-state index contributed by atoms with van der Waals surface area (Å²) in [5, 5.41) is 10.8. The van der Waals surface area contributed by atoms with Crippen LogP contribution in [0.3, 0.4) is 0 Å². The highest BCUT2D eigenvalue weighted by atomic mass is 79.9. The van der Waals surface area contributed by atoms with Gasteiger partial charge in [-0.3, -0.25) is 29.4 Å². The van der Waals surface area contributed by atoms with Crippen LogP contribution < -0.4 is 0 Å². The summed E-state index contributed by atoms with van der Waals surface area (Å²) in [6, 6.07) is 3.82. The van der Waals surface area contributed by atoms with Crippen LogP contribution >= 0.6 is 31.9 Å². The quantitative estimate of drug-likeness (QED) is 0.120. The van der Waals surface area contributed by atoms with Crippen molar-refractivity contribution in [1.29, 1.82) is 0 Å². The fraction of sp³-hybridized carbons (Fsp3) is 0.545. The van der Waals surface area contributed by atoms with E-state index in [1.165, 1.54) is 24.3 Å². The number of alkyl halides is 2. The maximum Gasteiger partial charge on any atom is 0.330 e. The van der Waals surface area contributed by atoms with Crippen molar-refractivity contribution in [2.45, 2.75) is 36.0 Å². The monoisotopic (exact) mass is 584 g/mol. The molecule has 0 radical (unpaired) electrons. The standard InChI is InChI=1S/C22H22Br2N2O7/c1-9(2)19(22(30)33-8-14(27)10-3-5-11(6-4-10)26(31)32)25-20(28)15-12-7-13(16(15)21(25)29)18(24)17(12)23/h3-6,9,12-13,15-19H,7-8H2,1-2H3/t12-,13-,15-,16+,17-,18+,19-/m0/s1. The molecule has 9 nitrogen and oxygen atoms in total. The maximum absolute atomic E-state index is 13.3. The first kappa shape index (κ1) is 24.0. The Hall–Kier alpha value is -2.14. The zero-order valence-corrected chi connectivity index (χ0v) is 21.0. The van der Waals surface area contributed by atoms with Crippen LogP contribution in [0, 0.1) is 39.7 Å². The predicted molar refractivity (Wildman–Crippen MR) is 123 cm³/mol. The van der Waals surface area contributed by atoms with E-state index >= 15 is 0 Å². The van der Waals surface area contributed by atoms with Gasteiger partial charge in [0.2, 0.25) is 11.8 Å². The predicted octanol–water partition coefficient (Wildman–Crippen LogP) is 3.12. The molecule has 3 aliphatic rings. The lowest BCUT2D eigenvalue weighted by molar-refractivity contribution is -0.384. The van der Waals surface area contributed by atoms with Gasteiger partial charge in [-0.2, -0.15) is 0 Å². The fourth-order valence-corrected chi connectivity index (χ4v) is 7.27. The maximum atomic E-state index is 13.3. The molecule has 2 amide bonds. The Labute approximate surface area is 206 Å². The highest BCUT2D eigenvalue weighted by Crippen LogP contribution is 2.60. The molecule has 1 saturated heterocycles. The van der Waals surface area contributed by atoms with E-state index in [9.17, 15) is 29.3 Å². The Morgan fingerprint density at radius 2 is 1.61 bits per heavy atom. The summed E-state index contributed by atoms with van der Waals surface area (Å²) in [5.74, 6) is -3.31. The summed E-state index contributed by atoms with van der Waals surface area (Å²) in [6.07, 6.45) is 0.785. The third-order valence-electron chi connectivity index (χ3n) is 6.92. The molecule has 176 valence electrons. The minimum absolute atomic E-state index is 0.0263.